The van der Waals surface area contributed by atoms with Crippen molar-refractivity contribution in [2.75, 3.05) is 25.0 Å². The zero-order valence-corrected chi connectivity index (χ0v) is 18.5. The molecule has 158 valence electrons. The van der Waals surface area contributed by atoms with Gasteiger partial charge in [0.1, 0.15) is 5.00 Å². The lowest BCUT2D eigenvalue weighted by Crippen LogP contribution is -2.38. The van der Waals surface area contributed by atoms with E-state index in [0.717, 1.165) is 57.3 Å². The van der Waals surface area contributed by atoms with Crippen molar-refractivity contribution in [3.05, 3.63) is 16.0 Å². The largest absolute Gasteiger partial charge is 0.365 e. The first kappa shape index (κ1) is 21.8. The molecule has 2 heterocycles. The molecule has 1 unspecified atom stereocenters. The maximum atomic E-state index is 12.9. The molecule has 0 bridgehead atoms. The van der Waals surface area contributed by atoms with Gasteiger partial charge in [0.2, 0.25) is 5.91 Å². The molecule has 2 aliphatic rings. The lowest BCUT2D eigenvalue weighted by atomic mass is 9.72. The van der Waals surface area contributed by atoms with Crippen molar-refractivity contribution in [2.24, 2.45) is 23.0 Å². The Kier molecular flexibility index (Phi) is 6.65. The van der Waals surface area contributed by atoms with Gasteiger partial charge in [0.05, 0.1) is 11.6 Å². The summed E-state index contributed by atoms with van der Waals surface area (Å²) in [5.41, 5.74) is 7.50. The summed E-state index contributed by atoms with van der Waals surface area (Å²) in [7, 11) is 0. The number of nitrogens with zero attached hydrogens (tertiary/aromatic N) is 2. The standard InChI is InChI=1S/C22H32N4O2S/c1-22(2,3)15-5-6-16-17(13-15)29-21(18(16)19(24)27)25-20(28)14-7-11-26(12-8-14)10-4-9-23/h14-15H,4-8,10-13H2,1-3H3,(H2,24,27)(H,25,28). The number of fused-ring (bicyclic) bond motifs is 1. The van der Waals surface area contributed by atoms with Gasteiger partial charge in [-0.3, -0.25) is 9.59 Å². The molecule has 0 radical (unpaired) electrons. The van der Waals surface area contributed by atoms with Crippen molar-refractivity contribution in [1.82, 2.24) is 4.90 Å². The van der Waals surface area contributed by atoms with Gasteiger partial charge in [0.15, 0.2) is 0 Å². The Hall–Kier alpha value is -1.91. The van der Waals surface area contributed by atoms with E-state index < -0.39 is 5.91 Å². The smallest absolute Gasteiger partial charge is 0.251 e. The number of hydrogen-bond acceptors (Lipinski definition) is 5. The molecule has 1 aromatic rings. The third-order valence-electron chi connectivity index (χ3n) is 6.47. The van der Waals surface area contributed by atoms with E-state index in [2.05, 4.69) is 37.1 Å². The number of amides is 2. The summed E-state index contributed by atoms with van der Waals surface area (Å²) < 4.78 is 0. The summed E-state index contributed by atoms with van der Waals surface area (Å²) in [5, 5.41) is 12.4. The summed E-state index contributed by atoms with van der Waals surface area (Å²) in [6.45, 7) is 9.21. The average Bonchev–Trinajstić information content (AvgIpc) is 3.03. The monoisotopic (exact) mass is 416 g/mol. The molecular weight excluding hydrogens is 384 g/mol. The molecule has 3 N–H and O–H groups in total. The number of nitrogens with one attached hydrogen (secondary N) is 1. The average molecular weight is 417 g/mol. The molecule has 1 aliphatic heterocycles. The maximum absolute atomic E-state index is 12.9. The van der Waals surface area contributed by atoms with Crippen LogP contribution in [0.25, 0.3) is 0 Å². The molecule has 0 spiro atoms. The van der Waals surface area contributed by atoms with E-state index >= 15 is 0 Å². The van der Waals surface area contributed by atoms with E-state index in [1.807, 2.05) is 0 Å². The Bertz CT molecular complexity index is 810. The van der Waals surface area contributed by atoms with Crippen LogP contribution in [0.15, 0.2) is 0 Å². The zero-order valence-electron chi connectivity index (χ0n) is 17.7. The highest BCUT2D eigenvalue weighted by atomic mass is 32.1. The number of carbonyl (C=O) groups excluding carboxylic acids is 2. The van der Waals surface area contributed by atoms with Crippen molar-refractivity contribution in [1.29, 1.82) is 5.26 Å². The van der Waals surface area contributed by atoms with Gasteiger partial charge < -0.3 is 16.0 Å². The van der Waals surface area contributed by atoms with Gasteiger partial charge in [-0.15, -0.1) is 11.3 Å². The minimum Gasteiger partial charge on any atom is -0.365 e. The molecule has 1 aromatic heterocycles. The van der Waals surface area contributed by atoms with Crippen LogP contribution in [-0.2, 0) is 17.6 Å². The summed E-state index contributed by atoms with van der Waals surface area (Å²) in [6, 6.07) is 2.17. The summed E-state index contributed by atoms with van der Waals surface area (Å²) in [5.74, 6) is 0.0444. The van der Waals surface area contributed by atoms with Crippen molar-refractivity contribution in [3.63, 3.8) is 0 Å². The van der Waals surface area contributed by atoms with Crippen LogP contribution >= 0.6 is 11.3 Å². The van der Waals surface area contributed by atoms with E-state index in [-0.39, 0.29) is 17.2 Å². The molecule has 29 heavy (non-hydrogen) atoms. The number of thiophene rings is 1. The number of hydrogen-bond donors (Lipinski definition) is 2. The third-order valence-corrected chi connectivity index (χ3v) is 7.64. The molecular formula is C22H32N4O2S. The van der Waals surface area contributed by atoms with Gasteiger partial charge in [-0.1, -0.05) is 20.8 Å². The van der Waals surface area contributed by atoms with Crippen molar-refractivity contribution in [2.45, 2.75) is 59.3 Å². The Labute approximate surface area is 177 Å². The lowest BCUT2D eigenvalue weighted by molar-refractivity contribution is -0.121. The molecule has 2 amide bonds. The number of primary amides is 1. The van der Waals surface area contributed by atoms with E-state index in [0.29, 0.717) is 22.9 Å². The van der Waals surface area contributed by atoms with E-state index in [9.17, 15) is 9.59 Å². The first-order chi connectivity index (χ1) is 13.7. The predicted molar refractivity (Wildman–Crippen MR) is 116 cm³/mol. The minimum atomic E-state index is -0.446. The topological polar surface area (TPSA) is 99.2 Å². The van der Waals surface area contributed by atoms with Gasteiger partial charge in [-0.05, 0) is 62.1 Å². The third kappa shape index (κ3) is 4.99. The maximum Gasteiger partial charge on any atom is 0.251 e. The predicted octanol–water partition coefficient (Wildman–Crippen LogP) is 3.56. The zero-order chi connectivity index (χ0) is 21.2. The molecule has 1 fully saturated rings. The number of nitrogens with two attached hydrogens (primary N) is 1. The summed E-state index contributed by atoms with van der Waals surface area (Å²) >= 11 is 1.53. The second kappa shape index (κ2) is 8.85. The van der Waals surface area contributed by atoms with Crippen molar-refractivity contribution < 1.29 is 9.59 Å². The highest BCUT2D eigenvalue weighted by molar-refractivity contribution is 7.17. The summed E-state index contributed by atoms with van der Waals surface area (Å²) in [4.78, 5) is 28.5. The van der Waals surface area contributed by atoms with Gasteiger partial charge in [-0.2, -0.15) is 5.26 Å². The number of anilines is 1. The van der Waals surface area contributed by atoms with Gasteiger partial charge in [-0.25, -0.2) is 0 Å². The highest BCUT2D eigenvalue weighted by Gasteiger charge is 2.34. The number of nitriles is 1. The van der Waals surface area contributed by atoms with E-state index in [4.69, 9.17) is 11.0 Å². The Balaban J connectivity index is 1.70. The fraction of sp³-hybridized carbons (Fsp3) is 0.682. The summed E-state index contributed by atoms with van der Waals surface area (Å²) in [6.07, 6.45) is 4.91. The minimum absolute atomic E-state index is 0.0154. The Morgan fingerprint density at radius 3 is 2.55 bits per heavy atom. The van der Waals surface area contributed by atoms with Crippen LogP contribution in [-0.4, -0.2) is 36.3 Å². The van der Waals surface area contributed by atoms with Gasteiger partial charge >= 0.3 is 0 Å². The van der Waals surface area contributed by atoms with Crippen LogP contribution < -0.4 is 11.1 Å². The second-order valence-electron chi connectivity index (χ2n) is 9.39. The first-order valence-electron chi connectivity index (χ1n) is 10.5. The number of likely N-dealkylation sites (tertiary alicyclic amines) is 1. The Morgan fingerprint density at radius 2 is 1.97 bits per heavy atom. The van der Waals surface area contributed by atoms with Crippen LogP contribution in [0.1, 0.15) is 67.3 Å². The van der Waals surface area contributed by atoms with Crippen molar-refractivity contribution >= 4 is 28.2 Å². The molecule has 7 heteroatoms. The SMILES string of the molecule is CC(C)(C)C1CCc2c(sc(NC(=O)C3CCN(CCC#N)CC3)c2C(N)=O)C1. The highest BCUT2D eigenvalue weighted by Crippen LogP contribution is 2.44. The molecule has 1 saturated heterocycles. The molecule has 0 saturated carbocycles. The molecule has 1 aliphatic carbocycles. The number of piperidine rings is 1. The van der Waals surface area contributed by atoms with Gasteiger partial charge in [0.25, 0.3) is 5.91 Å². The number of rotatable bonds is 5. The molecule has 1 atom stereocenters. The van der Waals surface area contributed by atoms with Crippen LogP contribution in [0.3, 0.4) is 0 Å². The second-order valence-corrected chi connectivity index (χ2v) is 10.5. The lowest BCUT2D eigenvalue weighted by Gasteiger charge is -2.33. The van der Waals surface area contributed by atoms with Crippen molar-refractivity contribution in [3.8, 4) is 6.07 Å². The normalized spacial score (nSPS) is 20.7. The van der Waals surface area contributed by atoms with Crippen LogP contribution in [0, 0.1) is 28.6 Å². The molecule has 3 rings (SSSR count). The molecule has 6 nitrogen and oxygen atoms in total. The molecule has 0 aromatic carbocycles. The fourth-order valence-corrected chi connectivity index (χ4v) is 5.85. The fourth-order valence-electron chi connectivity index (χ4n) is 4.51. The Morgan fingerprint density at radius 1 is 1.28 bits per heavy atom. The first-order valence-corrected chi connectivity index (χ1v) is 11.4. The quantitative estimate of drug-likeness (QED) is 0.766. The van der Waals surface area contributed by atoms with Gasteiger partial charge in [0, 0.05) is 23.8 Å². The van der Waals surface area contributed by atoms with E-state index in [1.54, 1.807) is 0 Å². The van der Waals surface area contributed by atoms with Crippen LogP contribution in [0.2, 0.25) is 0 Å². The number of carbonyl (C=O) groups is 2. The van der Waals surface area contributed by atoms with Crippen LogP contribution in [0.4, 0.5) is 5.00 Å². The van der Waals surface area contributed by atoms with Crippen LogP contribution in [0.5, 0.6) is 0 Å². The van der Waals surface area contributed by atoms with E-state index in [1.165, 1.54) is 16.2 Å².